The second kappa shape index (κ2) is 15.6. The maximum absolute atomic E-state index is 13.6. The van der Waals surface area contributed by atoms with Crippen LogP contribution in [0.25, 0.3) is 22.1 Å². The third kappa shape index (κ3) is 7.77. The molecule has 0 aliphatic carbocycles. The Bertz CT molecular complexity index is 1880. The van der Waals surface area contributed by atoms with E-state index >= 15 is 0 Å². The first-order valence-electron chi connectivity index (χ1n) is 16.3. The summed E-state index contributed by atoms with van der Waals surface area (Å²) in [5.41, 5.74) is 2.96. The summed E-state index contributed by atoms with van der Waals surface area (Å²) in [4.78, 5) is 40.9. The number of H-pyrrole nitrogens is 1. The number of aliphatic hydroxyl groups is 4. The van der Waals surface area contributed by atoms with Gasteiger partial charge in [0, 0.05) is 25.0 Å². The lowest BCUT2D eigenvalue weighted by Gasteiger charge is -2.48. The fourth-order valence-electron chi connectivity index (χ4n) is 6.25. The number of carboxylic acids is 1. The van der Waals surface area contributed by atoms with E-state index < -0.39 is 59.5 Å². The number of carbonyl (C=O) groups excluding carboxylic acids is 1. The van der Waals surface area contributed by atoms with E-state index in [1.54, 1.807) is 6.20 Å². The molecule has 0 spiro atoms. The van der Waals surface area contributed by atoms with Gasteiger partial charge in [-0.25, -0.2) is 4.79 Å². The fourth-order valence-corrected chi connectivity index (χ4v) is 6.25. The Hall–Kier alpha value is -4.81. The van der Waals surface area contributed by atoms with Gasteiger partial charge < -0.3 is 60.6 Å². The van der Waals surface area contributed by atoms with Crippen LogP contribution in [0.2, 0.25) is 0 Å². The number of ether oxygens (including phenoxy) is 2. The molecule has 4 aromatic rings. The molecular weight excluding hydrogens is 668 g/mol. The molecule has 274 valence electrons. The van der Waals surface area contributed by atoms with E-state index in [1.807, 2.05) is 26.2 Å². The van der Waals surface area contributed by atoms with Crippen LogP contribution in [0.4, 0.5) is 0 Å². The largest absolute Gasteiger partial charge is 0.508 e. The van der Waals surface area contributed by atoms with Crippen LogP contribution in [0.15, 0.2) is 70.1 Å². The lowest BCUT2D eigenvalue weighted by molar-refractivity contribution is -0.338. The first-order chi connectivity index (χ1) is 24.3. The minimum atomic E-state index is -2.85. The minimum absolute atomic E-state index is 0.0170. The first-order valence-corrected chi connectivity index (χ1v) is 16.3. The number of nitrogens with one attached hydrogen (secondary N) is 3. The number of aliphatic carboxylic acids is 1. The molecule has 2 aromatic heterocycles. The third-order valence-corrected chi connectivity index (χ3v) is 9.31. The zero-order chi connectivity index (χ0) is 37.0. The average molecular weight is 711 g/mol. The molecule has 8 atom stereocenters. The molecule has 51 heavy (non-hydrogen) atoms. The summed E-state index contributed by atoms with van der Waals surface area (Å²) < 4.78 is 17.0. The van der Waals surface area contributed by atoms with Crippen LogP contribution in [-0.4, -0.2) is 104 Å². The molecular formula is C35H42N4O12. The van der Waals surface area contributed by atoms with Crippen LogP contribution in [0.1, 0.15) is 29.5 Å². The molecule has 1 aliphatic rings. The highest BCUT2D eigenvalue weighted by molar-refractivity contribution is 5.99. The average Bonchev–Trinajstić information content (AvgIpc) is 3.62. The number of carbonyl (C=O) groups is 2. The van der Waals surface area contributed by atoms with Crippen molar-refractivity contribution in [3.63, 3.8) is 0 Å². The van der Waals surface area contributed by atoms with Gasteiger partial charge in [0.1, 0.15) is 35.5 Å². The minimum Gasteiger partial charge on any atom is -0.508 e. The van der Waals surface area contributed by atoms with E-state index in [9.17, 15) is 45.0 Å². The predicted octanol–water partition coefficient (Wildman–Crippen LogP) is 0.246. The summed E-state index contributed by atoms with van der Waals surface area (Å²) >= 11 is 0. The fraction of sp³-hybridized carbons (Fsp3) is 0.400. The summed E-state index contributed by atoms with van der Waals surface area (Å²) in [5, 5.41) is 70.4. The predicted molar refractivity (Wildman–Crippen MR) is 182 cm³/mol. The molecule has 8 unspecified atom stereocenters. The summed E-state index contributed by atoms with van der Waals surface area (Å²) in [6.45, 7) is 2.89. The first kappa shape index (κ1) is 37.4. The van der Waals surface area contributed by atoms with Crippen LogP contribution in [0.5, 0.6) is 11.5 Å². The Balaban J connectivity index is 1.47. The maximum atomic E-state index is 13.6. The topological polar surface area (TPSA) is 270 Å². The number of phenols is 1. The van der Waals surface area contributed by atoms with Crippen molar-refractivity contribution in [2.75, 3.05) is 20.1 Å². The molecule has 16 nitrogen and oxygen atoms in total. The van der Waals surface area contributed by atoms with Crippen molar-refractivity contribution < 1.29 is 54.1 Å². The number of fused-ring (bicyclic) bond motifs is 1. The van der Waals surface area contributed by atoms with E-state index in [-0.39, 0.29) is 52.0 Å². The number of hydrogen-bond acceptors (Lipinski definition) is 13. The van der Waals surface area contributed by atoms with Gasteiger partial charge in [-0.3, -0.25) is 14.9 Å². The van der Waals surface area contributed by atoms with Crippen LogP contribution in [0, 0.1) is 11.8 Å². The molecule has 0 saturated carbocycles. The third-order valence-electron chi connectivity index (χ3n) is 9.31. The van der Waals surface area contributed by atoms with Crippen LogP contribution < -0.4 is 26.5 Å². The second-order valence-corrected chi connectivity index (χ2v) is 12.7. The van der Waals surface area contributed by atoms with Gasteiger partial charge in [-0.15, -0.1) is 0 Å². The highest BCUT2D eigenvalue weighted by atomic mass is 16.7. The van der Waals surface area contributed by atoms with E-state index in [0.29, 0.717) is 6.42 Å². The van der Waals surface area contributed by atoms with Crippen molar-refractivity contribution >= 4 is 22.8 Å². The maximum Gasteiger partial charge on any atom is 0.335 e. The molecule has 1 aliphatic heterocycles. The lowest BCUT2D eigenvalue weighted by Crippen LogP contribution is -2.75. The number of rotatable bonds is 15. The summed E-state index contributed by atoms with van der Waals surface area (Å²) in [6, 6.07) is 11.0. The summed E-state index contributed by atoms with van der Waals surface area (Å²) in [6.07, 6.45) is -5.67. The number of aromatic hydroxyl groups is 1. The van der Waals surface area contributed by atoms with Crippen molar-refractivity contribution in [3.8, 4) is 22.6 Å². The highest BCUT2D eigenvalue weighted by Gasteiger charge is 2.62. The zero-order valence-corrected chi connectivity index (χ0v) is 27.9. The quantitative estimate of drug-likeness (QED) is 0.0741. The van der Waals surface area contributed by atoms with Crippen LogP contribution in [-0.2, 0) is 16.0 Å². The zero-order valence-electron chi connectivity index (χ0n) is 27.9. The van der Waals surface area contributed by atoms with Gasteiger partial charge in [0.25, 0.3) is 5.91 Å². The van der Waals surface area contributed by atoms with Crippen molar-refractivity contribution in [2.24, 2.45) is 17.6 Å². The lowest BCUT2D eigenvalue weighted by atomic mass is 9.83. The van der Waals surface area contributed by atoms with Crippen molar-refractivity contribution in [3.05, 3.63) is 82.5 Å². The van der Waals surface area contributed by atoms with Gasteiger partial charge in [-0.05, 0) is 79.7 Å². The van der Waals surface area contributed by atoms with Crippen LogP contribution in [0.3, 0.4) is 0 Å². The SMILES string of the molecule is CNCCC(C)C(CNC(O)C1(O)C(Oc2ccc3c(=O)c(-c4ccc(O)cc4)c(C(N)=O)oc3c2)OC(C(=O)O)C(O)C1O)Cc1cc[nH]c1. The Morgan fingerprint density at radius 1 is 1.14 bits per heavy atom. The molecule has 2 aromatic carbocycles. The number of aliphatic hydroxyl groups excluding tert-OH is 3. The van der Waals surface area contributed by atoms with Gasteiger partial charge in [0.15, 0.2) is 11.7 Å². The van der Waals surface area contributed by atoms with E-state index in [4.69, 9.17) is 19.6 Å². The number of benzene rings is 2. The molecule has 5 rings (SSSR count). The van der Waals surface area contributed by atoms with Crippen LogP contribution >= 0.6 is 0 Å². The molecule has 3 heterocycles. The molecule has 1 saturated heterocycles. The van der Waals surface area contributed by atoms with Crippen molar-refractivity contribution in [2.45, 2.75) is 56.2 Å². The highest BCUT2D eigenvalue weighted by Crippen LogP contribution is 2.36. The summed E-state index contributed by atoms with van der Waals surface area (Å²) in [5.74, 6) is -3.48. The molecule has 1 amide bonds. The van der Waals surface area contributed by atoms with Gasteiger partial charge in [-0.2, -0.15) is 0 Å². The Morgan fingerprint density at radius 3 is 2.49 bits per heavy atom. The number of aromatic nitrogens is 1. The van der Waals surface area contributed by atoms with Gasteiger partial charge in [-0.1, -0.05) is 19.1 Å². The summed E-state index contributed by atoms with van der Waals surface area (Å²) in [7, 11) is 1.83. The van der Waals surface area contributed by atoms with E-state index in [0.717, 1.165) is 24.6 Å². The van der Waals surface area contributed by atoms with E-state index in [1.165, 1.54) is 36.4 Å². The number of hydrogen-bond donors (Lipinski definition) is 10. The monoisotopic (exact) mass is 710 g/mol. The van der Waals surface area contributed by atoms with E-state index in [2.05, 4.69) is 15.6 Å². The molecule has 1 fully saturated rings. The van der Waals surface area contributed by atoms with Gasteiger partial charge >= 0.3 is 5.97 Å². The standard InChI is InChI=1S/C35H42N4O12/c1-17(9-11-37-2)20(13-18-10-12-38-15-18)16-39-33(47)35(48)30(43)27(42)29(32(45)46)51-34(35)49-22-7-8-23-24(14-22)50-28(31(36)44)25(26(23)41)19-3-5-21(40)6-4-19/h3-8,10,12,14-15,17,20,27,29-30,33-34,37-40,42-43,47-48H,9,11,13,16H2,1-2H3,(H2,36,44)(H,45,46). The molecule has 0 radical (unpaired) electrons. The number of nitrogens with two attached hydrogens (primary N) is 1. The number of amides is 1. The number of aromatic amines is 1. The van der Waals surface area contributed by atoms with Gasteiger partial charge in [0.05, 0.1) is 10.9 Å². The Morgan fingerprint density at radius 2 is 1.86 bits per heavy atom. The Kier molecular flexibility index (Phi) is 11.5. The molecule has 11 N–H and O–H groups in total. The number of phenolic OH excluding ortho intramolecular Hbond substituents is 1. The molecule has 16 heteroatoms. The van der Waals surface area contributed by atoms with Crippen molar-refractivity contribution in [1.82, 2.24) is 15.6 Å². The Labute approximate surface area is 291 Å². The molecule has 0 bridgehead atoms. The normalized spacial score (nSPS) is 23.8. The number of carboxylic acid groups (broad SMARTS) is 1. The van der Waals surface area contributed by atoms with Crippen molar-refractivity contribution in [1.29, 1.82) is 0 Å². The number of primary amides is 1. The second-order valence-electron chi connectivity index (χ2n) is 12.7. The smallest absolute Gasteiger partial charge is 0.335 e. The van der Waals surface area contributed by atoms with Gasteiger partial charge in [0.2, 0.25) is 17.5 Å².